The molecule has 0 fully saturated rings. The Labute approximate surface area is 173 Å². The summed E-state index contributed by atoms with van der Waals surface area (Å²) in [5, 5.41) is 5.67. The van der Waals surface area contributed by atoms with Gasteiger partial charge in [-0.1, -0.05) is 30.3 Å². The summed E-state index contributed by atoms with van der Waals surface area (Å²) < 4.78 is 2.03. The molecule has 0 amide bonds. The van der Waals surface area contributed by atoms with Gasteiger partial charge in [-0.2, -0.15) is 5.10 Å². The smallest absolute Gasteiger partial charge is 0.162 e. The normalized spacial score (nSPS) is 13.0. The lowest BCUT2D eigenvalue weighted by atomic mass is 10.2. The van der Waals surface area contributed by atoms with E-state index in [0.29, 0.717) is 5.82 Å². The highest BCUT2D eigenvalue weighted by Crippen LogP contribution is 2.34. The van der Waals surface area contributed by atoms with E-state index in [1.165, 1.54) is 11.3 Å². The van der Waals surface area contributed by atoms with Crippen molar-refractivity contribution in [2.45, 2.75) is 13.1 Å². The summed E-state index contributed by atoms with van der Waals surface area (Å²) in [6, 6.07) is 22.3. The number of para-hydroxylation sites is 2. The van der Waals surface area contributed by atoms with Crippen LogP contribution < -0.4 is 4.90 Å². The second-order valence-electron chi connectivity index (χ2n) is 7.34. The molecule has 0 radical (unpaired) electrons. The summed E-state index contributed by atoms with van der Waals surface area (Å²) in [5.74, 6) is 1.66. The molecule has 0 spiro atoms. The van der Waals surface area contributed by atoms with Gasteiger partial charge in [-0.25, -0.2) is 14.6 Å². The number of rotatable bonds is 3. The van der Waals surface area contributed by atoms with E-state index in [1.807, 2.05) is 59.4 Å². The molecule has 6 rings (SSSR count). The van der Waals surface area contributed by atoms with Crippen molar-refractivity contribution in [1.29, 1.82) is 0 Å². The van der Waals surface area contributed by atoms with Crippen molar-refractivity contribution in [3.8, 4) is 17.1 Å². The lowest BCUT2D eigenvalue weighted by molar-refractivity contribution is 0.771. The molecule has 1 aliphatic rings. The first-order chi connectivity index (χ1) is 14.9. The number of benzene rings is 2. The number of nitrogens with zero attached hydrogens (tertiary/aromatic N) is 6. The summed E-state index contributed by atoms with van der Waals surface area (Å²) in [6.07, 6.45) is 5.51. The van der Waals surface area contributed by atoms with Crippen LogP contribution in [0.25, 0.3) is 28.0 Å². The minimum atomic E-state index is 0.715. The van der Waals surface area contributed by atoms with Crippen LogP contribution in [0.3, 0.4) is 0 Å². The quantitative estimate of drug-likeness (QED) is 0.457. The van der Waals surface area contributed by atoms with Crippen LogP contribution >= 0.6 is 0 Å². The summed E-state index contributed by atoms with van der Waals surface area (Å²) in [5.41, 5.74) is 5.41. The maximum Gasteiger partial charge on any atom is 0.162 e. The van der Waals surface area contributed by atoms with E-state index in [1.54, 1.807) is 12.4 Å². The molecule has 6 heteroatoms. The highest BCUT2D eigenvalue weighted by atomic mass is 15.3. The van der Waals surface area contributed by atoms with Gasteiger partial charge >= 0.3 is 0 Å². The fraction of sp³-hybridized carbons (Fsp3) is 0.0833. The Morgan fingerprint density at radius 2 is 1.57 bits per heavy atom. The number of hydrogen-bond acceptors (Lipinski definition) is 5. The molecule has 3 aromatic heterocycles. The van der Waals surface area contributed by atoms with E-state index < -0.39 is 0 Å². The molecule has 0 atom stereocenters. The SMILES string of the molecule is c1ccc(-n2ncc3c2CN(c2nc(-c4ccncc4)nc4ccccc24)C3)cc1. The molecule has 0 unspecified atom stereocenters. The van der Waals surface area contributed by atoms with Crippen LogP contribution in [0.2, 0.25) is 0 Å². The average molecular weight is 390 g/mol. The Balaban J connectivity index is 1.45. The maximum absolute atomic E-state index is 4.98. The van der Waals surface area contributed by atoms with Crippen molar-refractivity contribution in [3.05, 3.63) is 96.6 Å². The summed E-state index contributed by atoms with van der Waals surface area (Å²) in [4.78, 5) is 16.2. The Kier molecular flexibility index (Phi) is 3.81. The van der Waals surface area contributed by atoms with Gasteiger partial charge in [0.25, 0.3) is 0 Å². The Morgan fingerprint density at radius 1 is 0.767 bits per heavy atom. The van der Waals surface area contributed by atoms with Crippen LogP contribution in [-0.2, 0) is 13.1 Å². The molecule has 1 aliphatic heterocycles. The van der Waals surface area contributed by atoms with E-state index >= 15 is 0 Å². The number of pyridine rings is 1. The number of anilines is 1. The Bertz CT molecular complexity index is 1340. The third kappa shape index (κ3) is 2.73. The zero-order valence-corrected chi connectivity index (χ0v) is 16.2. The van der Waals surface area contributed by atoms with Gasteiger partial charge < -0.3 is 4.90 Å². The molecule has 4 heterocycles. The number of hydrogen-bond donors (Lipinski definition) is 0. The monoisotopic (exact) mass is 390 g/mol. The standard InChI is InChI=1S/C24H18N6/c1-2-6-19(7-3-1)30-22-16-29(15-18(22)14-26-30)24-20-8-4-5-9-21(20)27-23(28-24)17-10-12-25-13-11-17/h1-14H,15-16H2. The molecule has 144 valence electrons. The predicted octanol–water partition coefficient (Wildman–Crippen LogP) is 4.40. The maximum atomic E-state index is 4.98. The zero-order valence-electron chi connectivity index (χ0n) is 16.2. The molecule has 0 aliphatic carbocycles. The Hall–Kier alpha value is -4.06. The van der Waals surface area contributed by atoms with E-state index in [9.17, 15) is 0 Å². The van der Waals surface area contributed by atoms with Gasteiger partial charge in [0.05, 0.1) is 29.6 Å². The topological polar surface area (TPSA) is 59.7 Å². The third-order valence-corrected chi connectivity index (χ3v) is 5.48. The van der Waals surface area contributed by atoms with Gasteiger partial charge in [0.15, 0.2) is 5.82 Å². The predicted molar refractivity (Wildman–Crippen MR) is 116 cm³/mol. The minimum Gasteiger partial charge on any atom is -0.346 e. The van der Waals surface area contributed by atoms with Crippen molar-refractivity contribution in [1.82, 2.24) is 24.7 Å². The fourth-order valence-corrected chi connectivity index (χ4v) is 4.02. The first-order valence-corrected chi connectivity index (χ1v) is 9.90. The van der Waals surface area contributed by atoms with Crippen LogP contribution in [0.15, 0.2) is 85.3 Å². The highest BCUT2D eigenvalue weighted by Gasteiger charge is 2.27. The van der Waals surface area contributed by atoms with Gasteiger partial charge in [0.1, 0.15) is 5.82 Å². The van der Waals surface area contributed by atoms with Crippen molar-refractivity contribution in [3.63, 3.8) is 0 Å². The molecule has 6 nitrogen and oxygen atoms in total. The number of fused-ring (bicyclic) bond motifs is 2. The molecular weight excluding hydrogens is 372 g/mol. The van der Waals surface area contributed by atoms with Crippen LogP contribution in [0.4, 0.5) is 5.82 Å². The zero-order chi connectivity index (χ0) is 19.9. The Morgan fingerprint density at radius 3 is 2.43 bits per heavy atom. The van der Waals surface area contributed by atoms with Crippen molar-refractivity contribution in [2.75, 3.05) is 4.90 Å². The van der Waals surface area contributed by atoms with Gasteiger partial charge in [-0.3, -0.25) is 4.98 Å². The van der Waals surface area contributed by atoms with Gasteiger partial charge in [-0.05, 0) is 36.4 Å². The molecule has 0 N–H and O–H groups in total. The van der Waals surface area contributed by atoms with E-state index in [-0.39, 0.29) is 0 Å². The van der Waals surface area contributed by atoms with Gasteiger partial charge in [0, 0.05) is 35.5 Å². The van der Waals surface area contributed by atoms with Crippen LogP contribution in [0.1, 0.15) is 11.3 Å². The first-order valence-electron chi connectivity index (χ1n) is 9.90. The van der Waals surface area contributed by atoms with E-state index in [4.69, 9.17) is 9.97 Å². The van der Waals surface area contributed by atoms with Crippen LogP contribution in [0, 0.1) is 0 Å². The molecule has 0 saturated carbocycles. The highest BCUT2D eigenvalue weighted by molar-refractivity contribution is 5.91. The minimum absolute atomic E-state index is 0.715. The molecular formula is C24H18N6. The summed E-state index contributed by atoms with van der Waals surface area (Å²) in [6.45, 7) is 1.53. The van der Waals surface area contributed by atoms with Gasteiger partial charge in [0.2, 0.25) is 0 Å². The van der Waals surface area contributed by atoms with Crippen molar-refractivity contribution < 1.29 is 0 Å². The molecule has 2 aromatic carbocycles. The summed E-state index contributed by atoms with van der Waals surface area (Å²) >= 11 is 0. The van der Waals surface area contributed by atoms with Crippen molar-refractivity contribution in [2.24, 2.45) is 0 Å². The average Bonchev–Trinajstić information content (AvgIpc) is 3.40. The van der Waals surface area contributed by atoms with Crippen LogP contribution in [-0.4, -0.2) is 24.7 Å². The largest absolute Gasteiger partial charge is 0.346 e. The summed E-state index contributed by atoms with van der Waals surface area (Å²) in [7, 11) is 0. The van der Waals surface area contributed by atoms with Crippen molar-refractivity contribution >= 4 is 16.7 Å². The second kappa shape index (κ2) is 6.77. The second-order valence-corrected chi connectivity index (χ2v) is 7.34. The van der Waals surface area contributed by atoms with Crippen LogP contribution in [0.5, 0.6) is 0 Å². The molecule has 0 bridgehead atoms. The first kappa shape index (κ1) is 16.9. The van der Waals surface area contributed by atoms with E-state index in [0.717, 1.165) is 41.1 Å². The fourth-order valence-electron chi connectivity index (χ4n) is 4.02. The lowest BCUT2D eigenvalue weighted by Gasteiger charge is -2.20. The van der Waals surface area contributed by atoms with Gasteiger partial charge in [-0.15, -0.1) is 0 Å². The number of aromatic nitrogens is 5. The molecule has 5 aromatic rings. The molecule has 0 saturated heterocycles. The third-order valence-electron chi connectivity index (χ3n) is 5.48. The van der Waals surface area contributed by atoms with E-state index in [2.05, 4.69) is 33.2 Å². The molecule has 30 heavy (non-hydrogen) atoms. The lowest BCUT2D eigenvalue weighted by Crippen LogP contribution is -2.19.